The van der Waals surface area contributed by atoms with E-state index in [9.17, 15) is 14.0 Å². The molecular weight excluding hydrogens is 323 g/mol. The van der Waals surface area contributed by atoms with E-state index < -0.39 is 5.91 Å². The lowest BCUT2D eigenvalue weighted by Crippen LogP contribution is -2.24. The molecule has 0 aliphatic rings. The number of amides is 2. The summed E-state index contributed by atoms with van der Waals surface area (Å²) < 4.78 is 18.0. The van der Waals surface area contributed by atoms with Crippen molar-refractivity contribution in [3.63, 3.8) is 0 Å². The number of nitrogens with zero attached hydrogens (tertiary/aromatic N) is 1. The molecule has 0 bridgehead atoms. The van der Waals surface area contributed by atoms with Crippen LogP contribution in [0.4, 0.5) is 4.39 Å². The summed E-state index contributed by atoms with van der Waals surface area (Å²) in [5.74, 6) is -0.492. The zero-order valence-electron chi connectivity index (χ0n) is 13.8. The molecule has 2 aromatic carbocycles. The first-order chi connectivity index (χ1) is 11.9. The molecule has 0 atom stereocenters. The molecule has 0 saturated carbocycles. The van der Waals surface area contributed by atoms with E-state index in [0.29, 0.717) is 12.3 Å². The molecule has 0 radical (unpaired) electrons. The molecule has 0 aliphatic heterocycles. The van der Waals surface area contributed by atoms with Crippen molar-refractivity contribution < 1.29 is 18.7 Å². The molecular formula is C19H19FN2O3. The number of rotatable bonds is 7. The van der Waals surface area contributed by atoms with Crippen LogP contribution in [0.3, 0.4) is 0 Å². The molecule has 0 heterocycles. The van der Waals surface area contributed by atoms with Gasteiger partial charge in [0.05, 0.1) is 0 Å². The largest absolute Gasteiger partial charge is 0.484 e. The van der Waals surface area contributed by atoms with Gasteiger partial charge in [-0.1, -0.05) is 24.3 Å². The van der Waals surface area contributed by atoms with Crippen LogP contribution in [0, 0.1) is 5.82 Å². The van der Waals surface area contributed by atoms with E-state index in [-0.39, 0.29) is 18.3 Å². The van der Waals surface area contributed by atoms with E-state index in [1.807, 2.05) is 0 Å². The van der Waals surface area contributed by atoms with Gasteiger partial charge >= 0.3 is 0 Å². The normalized spacial score (nSPS) is 10.6. The number of hydrogen-bond acceptors (Lipinski definition) is 3. The number of primary amides is 1. The Hall–Kier alpha value is -3.15. The van der Waals surface area contributed by atoms with E-state index in [1.54, 1.807) is 49.5 Å². The summed E-state index contributed by atoms with van der Waals surface area (Å²) in [6, 6.07) is 12.9. The van der Waals surface area contributed by atoms with Crippen molar-refractivity contribution in [3.8, 4) is 5.75 Å². The number of benzene rings is 2. The average Bonchev–Trinajstić information content (AvgIpc) is 2.60. The van der Waals surface area contributed by atoms with E-state index in [4.69, 9.17) is 10.5 Å². The lowest BCUT2D eigenvalue weighted by Gasteiger charge is -2.15. The van der Waals surface area contributed by atoms with Crippen molar-refractivity contribution in [1.29, 1.82) is 0 Å². The monoisotopic (exact) mass is 342 g/mol. The molecule has 0 fully saturated rings. The van der Waals surface area contributed by atoms with Crippen LogP contribution >= 0.6 is 0 Å². The fourth-order valence-corrected chi connectivity index (χ4v) is 2.07. The van der Waals surface area contributed by atoms with Crippen molar-refractivity contribution in [2.75, 3.05) is 13.7 Å². The Labute approximate surface area is 145 Å². The second-order valence-corrected chi connectivity index (χ2v) is 5.48. The van der Waals surface area contributed by atoms with Gasteiger partial charge in [0.15, 0.2) is 6.61 Å². The number of carbonyl (C=O) groups excluding carboxylic acids is 2. The molecule has 5 nitrogen and oxygen atoms in total. The van der Waals surface area contributed by atoms with Gasteiger partial charge in [-0.25, -0.2) is 4.39 Å². The highest BCUT2D eigenvalue weighted by molar-refractivity contribution is 5.91. The molecule has 25 heavy (non-hydrogen) atoms. The van der Waals surface area contributed by atoms with E-state index >= 15 is 0 Å². The zero-order valence-corrected chi connectivity index (χ0v) is 13.8. The third-order valence-electron chi connectivity index (χ3n) is 3.39. The van der Waals surface area contributed by atoms with Crippen LogP contribution in [-0.2, 0) is 16.1 Å². The van der Waals surface area contributed by atoms with Crippen LogP contribution in [0.5, 0.6) is 5.75 Å². The molecule has 2 aromatic rings. The second kappa shape index (κ2) is 8.63. The number of carbonyl (C=O) groups is 2. The quantitative estimate of drug-likeness (QED) is 0.785. The summed E-state index contributed by atoms with van der Waals surface area (Å²) in [5.41, 5.74) is 6.67. The molecule has 2 amide bonds. The standard InChI is InChI=1S/C19H19FN2O3/c1-22(12-15-2-7-16(20)8-3-15)19(24)11-6-14-4-9-17(10-5-14)25-13-18(21)23/h2-11H,12-13H2,1H3,(H2,21,23)/b11-6+. The van der Waals surface area contributed by atoms with Crippen LogP contribution < -0.4 is 10.5 Å². The topological polar surface area (TPSA) is 72.6 Å². The molecule has 6 heteroatoms. The summed E-state index contributed by atoms with van der Waals surface area (Å²) in [6.45, 7) is 0.213. The van der Waals surface area contributed by atoms with Gasteiger partial charge in [0.1, 0.15) is 11.6 Å². The molecule has 0 aliphatic carbocycles. The zero-order chi connectivity index (χ0) is 18.2. The van der Waals surface area contributed by atoms with Crippen LogP contribution in [0.25, 0.3) is 6.08 Å². The maximum absolute atomic E-state index is 12.9. The van der Waals surface area contributed by atoms with Crippen molar-refractivity contribution in [2.24, 2.45) is 5.73 Å². The second-order valence-electron chi connectivity index (χ2n) is 5.48. The van der Waals surface area contributed by atoms with Crippen molar-refractivity contribution in [3.05, 3.63) is 71.6 Å². The minimum atomic E-state index is -0.543. The summed E-state index contributed by atoms with van der Waals surface area (Å²) in [6.07, 6.45) is 3.14. The fraction of sp³-hybridized carbons (Fsp3) is 0.158. The summed E-state index contributed by atoms with van der Waals surface area (Å²) in [4.78, 5) is 24.3. The Morgan fingerprint density at radius 2 is 1.76 bits per heavy atom. The SMILES string of the molecule is CN(Cc1ccc(F)cc1)C(=O)/C=C/c1ccc(OCC(N)=O)cc1. The predicted molar refractivity (Wildman–Crippen MR) is 93.0 cm³/mol. The Morgan fingerprint density at radius 1 is 1.12 bits per heavy atom. The van der Waals surface area contributed by atoms with Crippen LogP contribution in [0.15, 0.2) is 54.6 Å². The molecule has 0 unspecified atom stereocenters. The van der Waals surface area contributed by atoms with Gasteiger partial charge in [-0.15, -0.1) is 0 Å². The lowest BCUT2D eigenvalue weighted by atomic mass is 10.2. The van der Waals surface area contributed by atoms with Crippen molar-refractivity contribution >= 4 is 17.9 Å². The first kappa shape index (κ1) is 18.2. The van der Waals surface area contributed by atoms with Crippen LogP contribution in [-0.4, -0.2) is 30.4 Å². The Morgan fingerprint density at radius 3 is 2.36 bits per heavy atom. The average molecular weight is 342 g/mol. The lowest BCUT2D eigenvalue weighted by molar-refractivity contribution is -0.125. The van der Waals surface area contributed by atoms with Gasteiger partial charge in [0, 0.05) is 19.7 Å². The number of nitrogens with two attached hydrogens (primary N) is 1. The summed E-state index contributed by atoms with van der Waals surface area (Å²) >= 11 is 0. The summed E-state index contributed by atoms with van der Waals surface area (Å²) in [5, 5.41) is 0. The molecule has 2 N–H and O–H groups in total. The Balaban J connectivity index is 1.90. The first-order valence-electron chi connectivity index (χ1n) is 7.63. The van der Waals surface area contributed by atoms with E-state index in [2.05, 4.69) is 0 Å². The molecule has 0 aromatic heterocycles. The minimum absolute atomic E-state index is 0.168. The fourth-order valence-electron chi connectivity index (χ4n) is 2.07. The van der Waals surface area contributed by atoms with Gasteiger partial charge in [-0.05, 0) is 41.5 Å². The van der Waals surface area contributed by atoms with Crippen molar-refractivity contribution in [1.82, 2.24) is 4.90 Å². The number of halogens is 1. The van der Waals surface area contributed by atoms with Gasteiger partial charge in [0.25, 0.3) is 5.91 Å². The molecule has 130 valence electrons. The highest BCUT2D eigenvalue weighted by atomic mass is 19.1. The van der Waals surface area contributed by atoms with Gasteiger partial charge < -0.3 is 15.4 Å². The van der Waals surface area contributed by atoms with Crippen LogP contribution in [0.1, 0.15) is 11.1 Å². The number of hydrogen-bond donors (Lipinski definition) is 1. The van der Waals surface area contributed by atoms with Gasteiger partial charge in [-0.3, -0.25) is 9.59 Å². The Kier molecular flexibility index (Phi) is 6.28. The maximum Gasteiger partial charge on any atom is 0.255 e. The molecule has 0 spiro atoms. The van der Waals surface area contributed by atoms with E-state index in [1.165, 1.54) is 23.1 Å². The first-order valence-corrected chi connectivity index (χ1v) is 7.63. The predicted octanol–water partition coefficient (Wildman–Crippen LogP) is 2.36. The summed E-state index contributed by atoms with van der Waals surface area (Å²) in [7, 11) is 1.68. The van der Waals surface area contributed by atoms with Crippen LogP contribution in [0.2, 0.25) is 0 Å². The maximum atomic E-state index is 12.9. The van der Waals surface area contributed by atoms with Crippen molar-refractivity contribution in [2.45, 2.75) is 6.54 Å². The highest BCUT2D eigenvalue weighted by Crippen LogP contribution is 2.13. The highest BCUT2D eigenvalue weighted by Gasteiger charge is 2.06. The van der Waals surface area contributed by atoms with Gasteiger partial charge in [0.2, 0.25) is 5.91 Å². The molecule has 0 saturated heterocycles. The third-order valence-corrected chi connectivity index (χ3v) is 3.39. The number of ether oxygens (including phenoxy) is 1. The third kappa shape index (κ3) is 6.10. The minimum Gasteiger partial charge on any atom is -0.484 e. The number of likely N-dealkylation sites (N-methyl/N-ethyl adjacent to an activating group) is 1. The van der Waals surface area contributed by atoms with E-state index in [0.717, 1.165) is 11.1 Å². The molecule has 2 rings (SSSR count). The smallest absolute Gasteiger partial charge is 0.255 e. The Bertz CT molecular complexity index is 755. The van der Waals surface area contributed by atoms with Gasteiger partial charge in [-0.2, -0.15) is 0 Å².